The summed E-state index contributed by atoms with van der Waals surface area (Å²) >= 11 is 0. The largest absolute Gasteiger partial charge is 0.299 e. The summed E-state index contributed by atoms with van der Waals surface area (Å²) in [5.41, 5.74) is 1.15. The minimum atomic E-state index is 0.287. The summed E-state index contributed by atoms with van der Waals surface area (Å²) in [4.78, 5) is 24.6. The van der Waals surface area contributed by atoms with Crippen molar-refractivity contribution >= 4 is 11.6 Å². The third-order valence-corrected chi connectivity index (χ3v) is 6.12. The highest BCUT2D eigenvalue weighted by molar-refractivity contribution is 5.84. The van der Waals surface area contributed by atoms with Crippen molar-refractivity contribution in [3.05, 3.63) is 23.8 Å². The molecule has 0 spiro atoms. The van der Waals surface area contributed by atoms with Gasteiger partial charge in [-0.25, -0.2) is 0 Å². The maximum absolute atomic E-state index is 12.6. The van der Waals surface area contributed by atoms with Crippen molar-refractivity contribution < 1.29 is 9.59 Å². The van der Waals surface area contributed by atoms with Crippen LogP contribution in [0.4, 0.5) is 0 Å². The topological polar surface area (TPSA) is 34.1 Å². The van der Waals surface area contributed by atoms with Gasteiger partial charge >= 0.3 is 0 Å². The third kappa shape index (κ3) is 4.43. The summed E-state index contributed by atoms with van der Waals surface area (Å²) in [6.07, 6.45) is 18.7. The fourth-order valence-corrected chi connectivity index (χ4v) is 4.94. The molecule has 0 radical (unpaired) electrons. The van der Waals surface area contributed by atoms with Crippen LogP contribution in [0.1, 0.15) is 77.0 Å². The van der Waals surface area contributed by atoms with E-state index in [1.807, 2.05) is 6.08 Å². The highest BCUT2D eigenvalue weighted by Crippen LogP contribution is 2.44. The number of fused-ring (bicyclic) bond motifs is 1. The predicted octanol–water partition coefficient (Wildman–Crippen LogP) is 5.18. The Hall–Kier alpha value is -1.18. The van der Waals surface area contributed by atoms with Crippen LogP contribution < -0.4 is 0 Å². The Bertz CT molecular complexity index is 498. The van der Waals surface area contributed by atoms with E-state index in [-0.39, 0.29) is 5.78 Å². The maximum atomic E-state index is 12.6. The molecule has 3 aliphatic carbocycles. The van der Waals surface area contributed by atoms with Gasteiger partial charge in [0.2, 0.25) is 0 Å². The van der Waals surface area contributed by atoms with Gasteiger partial charge in [0.25, 0.3) is 0 Å². The Morgan fingerprint density at radius 1 is 1.00 bits per heavy atom. The summed E-state index contributed by atoms with van der Waals surface area (Å²) in [6, 6.07) is 0. The smallest absolute Gasteiger partial charge is 0.137 e. The van der Waals surface area contributed by atoms with E-state index in [2.05, 4.69) is 12.2 Å². The van der Waals surface area contributed by atoms with Crippen molar-refractivity contribution in [2.75, 3.05) is 0 Å². The quantitative estimate of drug-likeness (QED) is 0.649. The zero-order chi connectivity index (χ0) is 16.1. The number of rotatable bonds is 7. The van der Waals surface area contributed by atoms with Gasteiger partial charge < -0.3 is 0 Å². The first-order chi connectivity index (χ1) is 11.2. The molecule has 0 aromatic carbocycles. The first kappa shape index (κ1) is 16.7. The van der Waals surface area contributed by atoms with Crippen LogP contribution in [0.25, 0.3) is 0 Å². The number of carbonyl (C=O) groups excluding carboxylic acids is 2. The summed E-state index contributed by atoms with van der Waals surface area (Å²) in [6.45, 7) is 0. The van der Waals surface area contributed by atoms with Crippen molar-refractivity contribution in [1.82, 2.24) is 0 Å². The molecule has 3 atom stereocenters. The molecule has 0 saturated heterocycles. The normalized spacial score (nSPS) is 29.9. The Labute approximate surface area is 140 Å². The first-order valence-corrected chi connectivity index (χ1v) is 9.64. The van der Waals surface area contributed by atoms with Gasteiger partial charge in [-0.1, -0.05) is 50.3 Å². The molecule has 2 fully saturated rings. The summed E-state index contributed by atoms with van der Waals surface area (Å²) in [5.74, 6) is 2.53. The van der Waals surface area contributed by atoms with Crippen LogP contribution in [-0.4, -0.2) is 11.6 Å². The SMILES string of the molecule is O=C(CCCC(=O)C1CCCC2CCCCC21)CC1=CCC=C1. The van der Waals surface area contributed by atoms with Gasteiger partial charge in [0.1, 0.15) is 11.6 Å². The number of Topliss-reactive ketones (excluding diaryl/α,β-unsaturated/α-hetero) is 2. The average Bonchev–Trinajstić information content (AvgIpc) is 3.07. The number of hydrogen-bond acceptors (Lipinski definition) is 2. The molecule has 0 heterocycles. The van der Waals surface area contributed by atoms with Crippen molar-refractivity contribution in [2.24, 2.45) is 17.8 Å². The summed E-state index contributed by atoms with van der Waals surface area (Å²) in [5, 5.41) is 0. The zero-order valence-corrected chi connectivity index (χ0v) is 14.3. The van der Waals surface area contributed by atoms with E-state index in [4.69, 9.17) is 0 Å². The lowest BCUT2D eigenvalue weighted by Crippen LogP contribution is -2.35. The number of ketones is 2. The van der Waals surface area contributed by atoms with Crippen LogP contribution in [0.2, 0.25) is 0 Å². The van der Waals surface area contributed by atoms with Crippen molar-refractivity contribution in [3.63, 3.8) is 0 Å². The molecule has 3 rings (SSSR count). The maximum Gasteiger partial charge on any atom is 0.137 e. The lowest BCUT2D eigenvalue weighted by atomic mass is 9.64. The molecule has 2 nitrogen and oxygen atoms in total. The van der Waals surface area contributed by atoms with Crippen LogP contribution >= 0.6 is 0 Å². The second kappa shape index (κ2) is 8.08. The van der Waals surface area contributed by atoms with Gasteiger partial charge in [-0.05, 0) is 43.1 Å². The van der Waals surface area contributed by atoms with Gasteiger partial charge in [-0.15, -0.1) is 0 Å². The minimum Gasteiger partial charge on any atom is -0.299 e. The van der Waals surface area contributed by atoms with E-state index < -0.39 is 0 Å². The highest BCUT2D eigenvalue weighted by Gasteiger charge is 2.37. The molecule has 0 N–H and O–H groups in total. The molecule has 23 heavy (non-hydrogen) atoms. The van der Waals surface area contributed by atoms with Gasteiger partial charge in [0.15, 0.2) is 0 Å². The van der Waals surface area contributed by atoms with Gasteiger partial charge in [0.05, 0.1) is 0 Å². The molecule has 3 aliphatic rings. The van der Waals surface area contributed by atoms with Crippen molar-refractivity contribution in [2.45, 2.75) is 77.0 Å². The molecular formula is C21H30O2. The van der Waals surface area contributed by atoms with Crippen LogP contribution in [0.3, 0.4) is 0 Å². The third-order valence-electron chi connectivity index (χ3n) is 6.12. The zero-order valence-electron chi connectivity index (χ0n) is 14.3. The number of hydrogen-bond donors (Lipinski definition) is 0. The van der Waals surface area contributed by atoms with E-state index in [1.165, 1.54) is 38.5 Å². The second-order valence-corrected chi connectivity index (χ2v) is 7.70. The van der Waals surface area contributed by atoms with Crippen molar-refractivity contribution in [1.29, 1.82) is 0 Å². The number of allylic oxidation sites excluding steroid dienone is 4. The minimum absolute atomic E-state index is 0.287. The first-order valence-electron chi connectivity index (χ1n) is 9.64. The molecule has 3 unspecified atom stereocenters. The lowest BCUT2D eigenvalue weighted by Gasteiger charge is -2.40. The van der Waals surface area contributed by atoms with E-state index in [0.29, 0.717) is 36.9 Å². The van der Waals surface area contributed by atoms with E-state index >= 15 is 0 Å². The van der Waals surface area contributed by atoms with Crippen LogP contribution in [0.5, 0.6) is 0 Å². The molecule has 0 aromatic heterocycles. The van der Waals surface area contributed by atoms with E-state index in [1.54, 1.807) is 0 Å². The fourth-order valence-electron chi connectivity index (χ4n) is 4.94. The molecule has 2 heteroatoms. The van der Waals surface area contributed by atoms with Gasteiger partial charge in [0, 0.05) is 25.2 Å². The standard InChI is InChI=1S/C21H30O2/c22-18(15-16-7-1-2-8-16)11-6-14-21(23)20-13-5-10-17-9-3-4-12-19(17)20/h1,7-8,17,19-20H,2-6,9-15H2. The van der Waals surface area contributed by atoms with Crippen LogP contribution in [-0.2, 0) is 9.59 Å². The average molecular weight is 314 g/mol. The highest BCUT2D eigenvalue weighted by atomic mass is 16.1. The molecule has 0 aliphatic heterocycles. The molecule has 0 amide bonds. The summed E-state index contributed by atoms with van der Waals surface area (Å²) in [7, 11) is 0. The monoisotopic (exact) mass is 314 g/mol. The Balaban J connectivity index is 1.41. The second-order valence-electron chi connectivity index (χ2n) is 7.70. The Morgan fingerprint density at radius 2 is 1.83 bits per heavy atom. The fraction of sp³-hybridized carbons (Fsp3) is 0.714. The molecular weight excluding hydrogens is 284 g/mol. The van der Waals surface area contributed by atoms with E-state index in [0.717, 1.165) is 30.8 Å². The van der Waals surface area contributed by atoms with E-state index in [9.17, 15) is 9.59 Å². The van der Waals surface area contributed by atoms with Crippen molar-refractivity contribution in [3.8, 4) is 0 Å². The molecule has 126 valence electrons. The van der Waals surface area contributed by atoms with Gasteiger partial charge in [-0.3, -0.25) is 9.59 Å². The van der Waals surface area contributed by atoms with Gasteiger partial charge in [-0.2, -0.15) is 0 Å². The molecule has 0 aromatic rings. The number of carbonyl (C=O) groups is 2. The molecule has 0 bridgehead atoms. The lowest BCUT2D eigenvalue weighted by molar-refractivity contribution is -0.127. The predicted molar refractivity (Wildman–Crippen MR) is 93.1 cm³/mol. The molecule has 2 saturated carbocycles. The van der Waals surface area contributed by atoms with Crippen LogP contribution in [0.15, 0.2) is 23.8 Å². The van der Waals surface area contributed by atoms with Crippen LogP contribution in [0, 0.1) is 17.8 Å². The summed E-state index contributed by atoms with van der Waals surface area (Å²) < 4.78 is 0. The Morgan fingerprint density at radius 3 is 2.65 bits per heavy atom. The Kier molecular flexibility index (Phi) is 5.85.